The molecule has 2 N–H and O–H groups in total. The summed E-state index contributed by atoms with van der Waals surface area (Å²) in [5.41, 5.74) is 4.23. The van der Waals surface area contributed by atoms with Gasteiger partial charge in [-0.25, -0.2) is 0 Å². The summed E-state index contributed by atoms with van der Waals surface area (Å²) >= 11 is 0. The van der Waals surface area contributed by atoms with Gasteiger partial charge in [0.15, 0.2) is 11.5 Å². The second-order valence-electron chi connectivity index (χ2n) is 6.10. The molecule has 1 aromatic heterocycles. The van der Waals surface area contributed by atoms with E-state index in [4.69, 9.17) is 4.52 Å². The molecule has 0 amide bonds. The van der Waals surface area contributed by atoms with Crippen LogP contribution >= 0.6 is 0 Å². The van der Waals surface area contributed by atoms with E-state index in [-0.39, 0.29) is 12.4 Å². The monoisotopic (exact) mass is 337 g/mol. The van der Waals surface area contributed by atoms with Crippen LogP contribution in [0.2, 0.25) is 0 Å². The number of ketones is 1. The minimum absolute atomic E-state index is 0.0244. The van der Waals surface area contributed by atoms with Gasteiger partial charge in [0.1, 0.15) is 5.52 Å². The van der Waals surface area contributed by atoms with Crippen LogP contribution in [0, 0.1) is 0 Å². The van der Waals surface area contributed by atoms with Crippen LogP contribution in [0.25, 0.3) is 22.2 Å². The van der Waals surface area contributed by atoms with Gasteiger partial charge < -0.3 is 19.8 Å². The van der Waals surface area contributed by atoms with Crippen LogP contribution in [0.4, 0.5) is 11.4 Å². The number of nitrogens with zero attached hydrogens (tertiary/aromatic N) is 2. The second kappa shape index (κ2) is 5.89. The molecular weight excluding hydrogens is 318 g/mol. The number of carbonyl (C=O) groups excluding carboxylic acids is 1. The molecule has 1 aliphatic carbocycles. The molecule has 2 aromatic carbocycles. The van der Waals surface area contributed by atoms with Gasteiger partial charge in [-0.2, -0.15) is 0 Å². The van der Waals surface area contributed by atoms with Crippen LogP contribution in [0.3, 0.4) is 0 Å². The molecule has 6 heteroatoms. The molecule has 0 spiro atoms. The summed E-state index contributed by atoms with van der Waals surface area (Å²) in [5.74, 6) is 0.599. The molecule has 25 heavy (non-hydrogen) atoms. The Hall–Kier alpha value is -2.86. The number of aliphatic hydroxyl groups is 1. The number of hydrogen-bond donors (Lipinski definition) is 2. The molecule has 1 heterocycles. The third kappa shape index (κ3) is 2.21. The quantitative estimate of drug-likeness (QED) is 0.583. The highest BCUT2D eigenvalue weighted by Gasteiger charge is 2.33. The first-order valence-corrected chi connectivity index (χ1v) is 8.33. The summed E-state index contributed by atoms with van der Waals surface area (Å²) in [6.07, 6.45) is 0. The smallest absolute Gasteiger partial charge is 0.196 e. The molecule has 0 aliphatic heterocycles. The first-order chi connectivity index (χ1) is 12.2. The van der Waals surface area contributed by atoms with Crippen molar-refractivity contribution < 1.29 is 14.4 Å². The SMILES string of the molecule is CCNc1cc(N(C)CCO)c2noc3c2c1C(=O)c1ccccc1-3. The second-order valence-corrected chi connectivity index (χ2v) is 6.10. The number of aromatic nitrogens is 1. The number of aliphatic hydroxyl groups excluding tert-OH is 1. The van der Waals surface area contributed by atoms with Crippen molar-refractivity contribution in [3.8, 4) is 11.3 Å². The van der Waals surface area contributed by atoms with E-state index >= 15 is 0 Å². The van der Waals surface area contributed by atoms with Gasteiger partial charge >= 0.3 is 0 Å². The fourth-order valence-corrected chi connectivity index (χ4v) is 3.43. The molecule has 0 bridgehead atoms. The summed E-state index contributed by atoms with van der Waals surface area (Å²) in [6.45, 7) is 3.18. The number of benzene rings is 2. The van der Waals surface area contributed by atoms with Gasteiger partial charge in [-0.15, -0.1) is 0 Å². The molecule has 6 nitrogen and oxygen atoms in total. The highest BCUT2D eigenvalue weighted by atomic mass is 16.5. The molecule has 0 atom stereocenters. The summed E-state index contributed by atoms with van der Waals surface area (Å²) in [6, 6.07) is 9.35. The normalized spacial score (nSPS) is 12.4. The number of likely N-dealkylation sites (N-methyl/N-ethyl adjacent to an activating group) is 1. The average molecular weight is 337 g/mol. The van der Waals surface area contributed by atoms with Crippen molar-refractivity contribution in [2.45, 2.75) is 6.92 Å². The van der Waals surface area contributed by atoms with Crippen molar-refractivity contribution in [1.29, 1.82) is 0 Å². The van der Waals surface area contributed by atoms with E-state index in [9.17, 15) is 9.90 Å². The van der Waals surface area contributed by atoms with Crippen molar-refractivity contribution in [2.75, 3.05) is 37.0 Å². The van der Waals surface area contributed by atoms with E-state index < -0.39 is 0 Å². The van der Waals surface area contributed by atoms with Crippen molar-refractivity contribution in [2.24, 2.45) is 0 Å². The Morgan fingerprint density at radius 3 is 2.76 bits per heavy atom. The average Bonchev–Trinajstić information content (AvgIpc) is 3.05. The van der Waals surface area contributed by atoms with Crippen LogP contribution in [0.15, 0.2) is 34.9 Å². The summed E-state index contributed by atoms with van der Waals surface area (Å²) in [7, 11) is 1.89. The van der Waals surface area contributed by atoms with E-state index in [1.54, 1.807) is 0 Å². The van der Waals surface area contributed by atoms with Crippen LogP contribution < -0.4 is 10.2 Å². The number of hydrogen-bond acceptors (Lipinski definition) is 6. The first kappa shape index (κ1) is 15.7. The van der Waals surface area contributed by atoms with Gasteiger partial charge in [0.05, 0.1) is 23.2 Å². The highest BCUT2D eigenvalue weighted by molar-refractivity contribution is 6.28. The lowest BCUT2D eigenvalue weighted by Gasteiger charge is -2.23. The number of carbonyl (C=O) groups is 1. The molecule has 0 fully saturated rings. The van der Waals surface area contributed by atoms with Gasteiger partial charge in [-0.05, 0) is 13.0 Å². The topological polar surface area (TPSA) is 78.6 Å². The summed E-state index contributed by atoms with van der Waals surface area (Å²) in [4.78, 5) is 15.0. The van der Waals surface area contributed by atoms with Crippen LogP contribution in [-0.4, -0.2) is 42.8 Å². The number of fused-ring (bicyclic) bond motifs is 2. The molecule has 0 unspecified atom stereocenters. The third-order valence-electron chi connectivity index (χ3n) is 4.59. The largest absolute Gasteiger partial charge is 0.395 e. The van der Waals surface area contributed by atoms with E-state index in [1.807, 2.05) is 49.2 Å². The van der Waals surface area contributed by atoms with Crippen molar-refractivity contribution in [3.05, 3.63) is 41.5 Å². The highest BCUT2D eigenvalue weighted by Crippen LogP contribution is 2.45. The third-order valence-corrected chi connectivity index (χ3v) is 4.59. The Bertz CT molecular complexity index is 977. The van der Waals surface area contributed by atoms with Crippen LogP contribution in [0.5, 0.6) is 0 Å². The van der Waals surface area contributed by atoms with Gasteiger partial charge in [0, 0.05) is 37.0 Å². The van der Waals surface area contributed by atoms with Crippen LogP contribution in [0.1, 0.15) is 22.8 Å². The number of rotatable bonds is 5. The maximum Gasteiger partial charge on any atom is 0.196 e. The van der Waals surface area contributed by atoms with Crippen molar-refractivity contribution >= 4 is 28.1 Å². The molecule has 1 aliphatic rings. The summed E-state index contributed by atoms with van der Waals surface area (Å²) < 4.78 is 5.65. The lowest BCUT2D eigenvalue weighted by molar-refractivity contribution is 0.104. The number of nitrogens with one attached hydrogen (secondary N) is 1. The minimum Gasteiger partial charge on any atom is -0.395 e. The van der Waals surface area contributed by atoms with Crippen molar-refractivity contribution in [3.63, 3.8) is 0 Å². The maximum atomic E-state index is 13.1. The zero-order valence-electron chi connectivity index (χ0n) is 14.2. The molecule has 0 radical (unpaired) electrons. The Kier molecular flexibility index (Phi) is 3.69. The Morgan fingerprint density at radius 2 is 2.04 bits per heavy atom. The lowest BCUT2D eigenvalue weighted by Crippen LogP contribution is -2.22. The van der Waals surface area contributed by atoms with Gasteiger partial charge in [0.25, 0.3) is 0 Å². The predicted molar refractivity (Wildman–Crippen MR) is 97.4 cm³/mol. The van der Waals surface area contributed by atoms with E-state index in [0.717, 1.165) is 22.3 Å². The Morgan fingerprint density at radius 1 is 1.28 bits per heavy atom. The fourth-order valence-electron chi connectivity index (χ4n) is 3.43. The zero-order valence-corrected chi connectivity index (χ0v) is 14.2. The molecule has 128 valence electrons. The summed E-state index contributed by atoms with van der Waals surface area (Å²) in [5, 5.41) is 17.6. The zero-order chi connectivity index (χ0) is 17.6. The molecule has 0 saturated heterocycles. The molecule has 0 saturated carbocycles. The van der Waals surface area contributed by atoms with Gasteiger partial charge in [-0.3, -0.25) is 4.79 Å². The standard InChI is InChI=1S/C19H19N3O3/c1-3-20-13-10-14(22(2)8-9-23)17-16-15(13)18(24)11-6-4-5-7-12(11)19(16)25-21-17/h4-7,10,20,23H,3,8-9H2,1-2H3. The van der Waals surface area contributed by atoms with E-state index in [1.165, 1.54) is 0 Å². The molecule has 4 rings (SSSR count). The van der Waals surface area contributed by atoms with Gasteiger partial charge in [0.2, 0.25) is 0 Å². The molecular formula is C19H19N3O3. The van der Waals surface area contributed by atoms with E-state index in [2.05, 4.69) is 10.5 Å². The predicted octanol–water partition coefficient (Wildman–Crippen LogP) is 2.90. The van der Waals surface area contributed by atoms with Crippen LogP contribution in [-0.2, 0) is 0 Å². The number of anilines is 2. The molecule has 3 aromatic rings. The fraction of sp³-hybridized carbons (Fsp3) is 0.263. The van der Waals surface area contributed by atoms with E-state index in [0.29, 0.717) is 35.5 Å². The lowest BCUT2D eigenvalue weighted by atomic mass is 9.86. The Balaban J connectivity index is 2.07. The minimum atomic E-state index is -0.0244. The Labute approximate surface area is 145 Å². The van der Waals surface area contributed by atoms with Crippen molar-refractivity contribution in [1.82, 2.24) is 5.16 Å². The van der Waals surface area contributed by atoms with Gasteiger partial charge in [-0.1, -0.05) is 29.4 Å². The first-order valence-electron chi connectivity index (χ1n) is 8.33. The maximum absolute atomic E-state index is 13.1.